The van der Waals surface area contributed by atoms with E-state index in [1.807, 2.05) is 26.8 Å². The summed E-state index contributed by atoms with van der Waals surface area (Å²) in [5.74, 6) is -0.00147. The molecule has 4 atom stereocenters. The van der Waals surface area contributed by atoms with Crippen molar-refractivity contribution >= 4 is 11.9 Å². The van der Waals surface area contributed by atoms with Gasteiger partial charge < -0.3 is 14.2 Å². The van der Waals surface area contributed by atoms with Crippen molar-refractivity contribution in [3.63, 3.8) is 0 Å². The average molecular weight is 344 g/mol. The number of ether oxygens (including phenoxy) is 3. The van der Waals surface area contributed by atoms with Gasteiger partial charge in [0.25, 0.3) is 0 Å². The van der Waals surface area contributed by atoms with Crippen LogP contribution in [0.2, 0.25) is 0 Å². The molecule has 4 bridgehead atoms. The number of hydrogen-bond donors (Lipinski definition) is 0. The second kappa shape index (κ2) is 4.37. The van der Waals surface area contributed by atoms with Gasteiger partial charge in [-0.05, 0) is 59.3 Å². The monoisotopic (exact) mass is 344 g/mol. The van der Waals surface area contributed by atoms with Crippen LogP contribution < -0.4 is 0 Å². The molecule has 0 unspecified atom stereocenters. The van der Waals surface area contributed by atoms with E-state index in [0.29, 0.717) is 12.2 Å². The van der Waals surface area contributed by atoms with E-state index in [4.69, 9.17) is 14.2 Å². The predicted octanol–water partition coefficient (Wildman–Crippen LogP) is 3.19. The van der Waals surface area contributed by atoms with Crippen LogP contribution in [0.1, 0.15) is 59.3 Å². The number of hydrogen-bond acceptors (Lipinski definition) is 5. The number of esters is 2. The van der Waals surface area contributed by atoms with E-state index in [2.05, 4.69) is 6.08 Å². The van der Waals surface area contributed by atoms with E-state index in [1.54, 1.807) is 0 Å². The van der Waals surface area contributed by atoms with Gasteiger partial charge in [0.05, 0.1) is 5.41 Å². The van der Waals surface area contributed by atoms with Gasteiger partial charge >= 0.3 is 11.9 Å². The largest absolute Gasteiger partial charge is 0.450 e. The fourth-order valence-electron chi connectivity index (χ4n) is 5.48. The Morgan fingerprint density at radius 2 is 2.04 bits per heavy atom. The van der Waals surface area contributed by atoms with Crippen molar-refractivity contribution < 1.29 is 23.8 Å². The first-order chi connectivity index (χ1) is 11.8. The van der Waals surface area contributed by atoms with Crippen molar-refractivity contribution in [3.8, 4) is 0 Å². The van der Waals surface area contributed by atoms with Crippen molar-refractivity contribution in [1.29, 1.82) is 0 Å². The molecular formula is C20H24O5. The van der Waals surface area contributed by atoms with Gasteiger partial charge in [-0.3, -0.25) is 9.59 Å². The lowest BCUT2D eigenvalue weighted by atomic mass is 9.67. The Morgan fingerprint density at radius 3 is 2.80 bits per heavy atom. The third kappa shape index (κ3) is 1.59. The van der Waals surface area contributed by atoms with E-state index in [0.717, 1.165) is 37.7 Å². The van der Waals surface area contributed by atoms with Crippen molar-refractivity contribution in [2.45, 2.75) is 76.6 Å². The first-order valence-corrected chi connectivity index (χ1v) is 9.32. The van der Waals surface area contributed by atoms with Gasteiger partial charge in [-0.1, -0.05) is 12.2 Å². The first kappa shape index (κ1) is 15.6. The summed E-state index contributed by atoms with van der Waals surface area (Å²) in [6, 6.07) is 0. The molecule has 2 saturated carbocycles. The van der Waals surface area contributed by atoms with Crippen molar-refractivity contribution in [2.75, 3.05) is 0 Å². The Kier molecular flexibility index (Phi) is 2.73. The number of fused-ring (bicyclic) bond motifs is 1. The molecule has 0 aromatic heterocycles. The molecule has 2 aliphatic carbocycles. The lowest BCUT2D eigenvalue weighted by molar-refractivity contribution is -0.175. The zero-order valence-electron chi connectivity index (χ0n) is 15.0. The molecule has 0 N–H and O–H groups in total. The van der Waals surface area contributed by atoms with Gasteiger partial charge in [0.15, 0.2) is 11.0 Å². The Hall–Kier alpha value is -1.62. The van der Waals surface area contributed by atoms with Crippen LogP contribution in [-0.4, -0.2) is 29.2 Å². The maximum absolute atomic E-state index is 13.3. The fraction of sp³-hybridized carbons (Fsp3) is 0.700. The fourth-order valence-corrected chi connectivity index (χ4v) is 5.48. The standard InChI is InChI=1S/C20H24O5/c1-17(2,3)15(21)23-14-12-6-4-10-20(12)13-7-11-18(24-13)8-5-9-19(14,18)16(22)25-20/h7,11,13H,4-6,8-10H2,1-3H3/t13-,18+,19-,20-/m1/s1. The van der Waals surface area contributed by atoms with E-state index in [-0.39, 0.29) is 18.0 Å². The molecule has 6 aliphatic rings. The van der Waals surface area contributed by atoms with E-state index in [9.17, 15) is 9.59 Å². The Labute approximate surface area is 147 Å². The minimum atomic E-state index is -1.00. The molecule has 1 saturated heterocycles. The SMILES string of the molecule is CC(C)(C)C(=O)OC1=C2CCC[C@@]23OC(=O)[C@@]12CCC[C@]21C=C[C@H]3O1. The average Bonchev–Trinajstić information content (AvgIpc) is 3.21. The molecule has 5 heteroatoms. The number of carbonyl (C=O) groups excluding carboxylic acids is 2. The molecule has 4 aliphatic heterocycles. The normalized spacial score (nSPS) is 43.8. The topological polar surface area (TPSA) is 61.8 Å². The zero-order valence-corrected chi connectivity index (χ0v) is 15.0. The van der Waals surface area contributed by atoms with Crippen molar-refractivity contribution in [3.05, 3.63) is 23.5 Å². The van der Waals surface area contributed by atoms with Crippen LogP contribution in [0.25, 0.3) is 0 Å². The predicted molar refractivity (Wildman–Crippen MR) is 88.3 cm³/mol. The van der Waals surface area contributed by atoms with E-state index >= 15 is 0 Å². The van der Waals surface area contributed by atoms with Crippen LogP contribution >= 0.6 is 0 Å². The molecule has 0 aromatic carbocycles. The van der Waals surface area contributed by atoms with Gasteiger partial charge in [-0.15, -0.1) is 0 Å². The summed E-state index contributed by atoms with van der Waals surface area (Å²) in [7, 11) is 0. The highest BCUT2D eigenvalue weighted by molar-refractivity contribution is 5.89. The summed E-state index contributed by atoms with van der Waals surface area (Å²) in [6.45, 7) is 5.51. The van der Waals surface area contributed by atoms with Gasteiger partial charge in [-0.25, -0.2) is 0 Å². The second-order valence-corrected chi connectivity index (χ2v) is 9.13. The number of rotatable bonds is 1. The summed E-state index contributed by atoms with van der Waals surface area (Å²) >= 11 is 0. The maximum atomic E-state index is 13.3. The highest BCUT2D eigenvalue weighted by atomic mass is 16.6. The van der Waals surface area contributed by atoms with Gasteiger partial charge in [-0.2, -0.15) is 0 Å². The Bertz CT molecular complexity index is 757. The molecule has 0 radical (unpaired) electrons. The second-order valence-electron chi connectivity index (χ2n) is 9.13. The summed E-state index contributed by atoms with van der Waals surface area (Å²) in [5.41, 5.74) is -2.14. The number of carbonyl (C=O) groups is 2. The molecule has 0 aromatic rings. The van der Waals surface area contributed by atoms with Crippen LogP contribution in [0.5, 0.6) is 0 Å². The summed E-state index contributed by atoms with van der Waals surface area (Å²) in [5, 5.41) is 0. The minimum Gasteiger partial charge on any atom is -0.450 e. The van der Waals surface area contributed by atoms with Crippen molar-refractivity contribution in [1.82, 2.24) is 0 Å². The van der Waals surface area contributed by atoms with Gasteiger partial charge in [0.2, 0.25) is 0 Å². The lowest BCUT2D eigenvalue weighted by Crippen LogP contribution is -2.55. The summed E-state index contributed by atoms with van der Waals surface area (Å²) in [6.07, 6.45) is 8.51. The molecule has 6 rings (SSSR count). The zero-order chi connectivity index (χ0) is 17.7. The van der Waals surface area contributed by atoms with Crippen LogP contribution in [0.15, 0.2) is 23.5 Å². The third-order valence-corrected chi connectivity index (χ3v) is 6.74. The highest BCUT2D eigenvalue weighted by Crippen LogP contribution is 2.67. The third-order valence-electron chi connectivity index (χ3n) is 6.74. The lowest BCUT2D eigenvalue weighted by Gasteiger charge is -2.44. The van der Waals surface area contributed by atoms with Crippen LogP contribution in [0, 0.1) is 10.8 Å². The molecule has 134 valence electrons. The molecule has 0 amide bonds. The smallest absolute Gasteiger partial charge is 0.324 e. The molecule has 5 nitrogen and oxygen atoms in total. The summed E-state index contributed by atoms with van der Waals surface area (Å²) in [4.78, 5) is 26.0. The molecular weight excluding hydrogens is 320 g/mol. The quantitative estimate of drug-likeness (QED) is 0.540. The van der Waals surface area contributed by atoms with Crippen LogP contribution in [0.3, 0.4) is 0 Å². The Morgan fingerprint density at radius 1 is 1.24 bits per heavy atom. The van der Waals surface area contributed by atoms with Crippen LogP contribution in [-0.2, 0) is 23.8 Å². The van der Waals surface area contributed by atoms with Gasteiger partial charge in [0, 0.05) is 5.57 Å². The van der Waals surface area contributed by atoms with E-state index < -0.39 is 22.0 Å². The maximum Gasteiger partial charge on any atom is 0.324 e. The summed E-state index contributed by atoms with van der Waals surface area (Å²) < 4.78 is 18.6. The van der Waals surface area contributed by atoms with Crippen LogP contribution in [0.4, 0.5) is 0 Å². The molecule has 25 heavy (non-hydrogen) atoms. The highest BCUT2D eigenvalue weighted by Gasteiger charge is 2.76. The van der Waals surface area contributed by atoms with Gasteiger partial charge in [0.1, 0.15) is 17.5 Å². The first-order valence-electron chi connectivity index (χ1n) is 9.32. The van der Waals surface area contributed by atoms with Crippen molar-refractivity contribution in [2.24, 2.45) is 10.8 Å². The van der Waals surface area contributed by atoms with E-state index in [1.165, 1.54) is 0 Å². The molecule has 4 heterocycles. The molecule has 3 fully saturated rings. The minimum absolute atomic E-state index is 0.264. The Balaban J connectivity index is 1.76. The molecule has 3 spiro atoms.